The van der Waals surface area contributed by atoms with Gasteiger partial charge in [-0.3, -0.25) is 4.79 Å². The number of hydrogen-bond acceptors (Lipinski definition) is 2. The largest absolute Gasteiger partial charge is 0.381 e. The van der Waals surface area contributed by atoms with E-state index in [9.17, 15) is 4.79 Å². The van der Waals surface area contributed by atoms with E-state index in [2.05, 4.69) is 10.6 Å². The standard InChI is InChI=1S/C17H19ClN2O/c1-3-17(21)20-14-9-8-12(2)16(10-14)19-11-13-6-4-5-7-15(13)18/h4-10,19H,3,11H2,1-2H3,(H,20,21). The molecule has 2 rings (SSSR count). The molecule has 3 nitrogen and oxygen atoms in total. The molecule has 0 atom stereocenters. The predicted molar refractivity (Wildman–Crippen MR) is 88.9 cm³/mol. The normalized spacial score (nSPS) is 10.2. The van der Waals surface area contributed by atoms with Crippen LogP contribution in [0.15, 0.2) is 42.5 Å². The maximum atomic E-state index is 11.5. The van der Waals surface area contributed by atoms with Crippen molar-refractivity contribution in [1.82, 2.24) is 0 Å². The van der Waals surface area contributed by atoms with Crippen LogP contribution in [0.3, 0.4) is 0 Å². The van der Waals surface area contributed by atoms with Gasteiger partial charge in [0.05, 0.1) is 0 Å². The predicted octanol–water partition coefficient (Wildman–Crippen LogP) is 4.61. The highest BCUT2D eigenvalue weighted by atomic mass is 35.5. The summed E-state index contributed by atoms with van der Waals surface area (Å²) in [6, 6.07) is 13.6. The minimum Gasteiger partial charge on any atom is -0.381 e. The van der Waals surface area contributed by atoms with Gasteiger partial charge >= 0.3 is 0 Å². The molecule has 0 aliphatic carbocycles. The summed E-state index contributed by atoms with van der Waals surface area (Å²) in [5.74, 6) is 0.0101. The first-order valence-electron chi connectivity index (χ1n) is 6.98. The molecule has 0 bridgehead atoms. The van der Waals surface area contributed by atoms with Crippen molar-refractivity contribution in [1.29, 1.82) is 0 Å². The third-order valence-electron chi connectivity index (χ3n) is 3.27. The number of hydrogen-bond donors (Lipinski definition) is 2. The Bertz CT molecular complexity index is 640. The van der Waals surface area contributed by atoms with Crippen LogP contribution in [0.4, 0.5) is 11.4 Å². The molecule has 0 radical (unpaired) electrons. The molecule has 0 aliphatic rings. The van der Waals surface area contributed by atoms with Crippen LogP contribution in [0.5, 0.6) is 0 Å². The average Bonchev–Trinajstić information content (AvgIpc) is 2.49. The van der Waals surface area contributed by atoms with Crippen LogP contribution in [0.1, 0.15) is 24.5 Å². The summed E-state index contributed by atoms with van der Waals surface area (Å²) in [6.45, 7) is 4.51. The van der Waals surface area contributed by atoms with Gasteiger partial charge in [-0.05, 0) is 36.2 Å². The van der Waals surface area contributed by atoms with Crippen LogP contribution >= 0.6 is 11.6 Å². The Morgan fingerprint density at radius 1 is 1.19 bits per heavy atom. The Labute approximate surface area is 130 Å². The molecular weight excluding hydrogens is 284 g/mol. The number of anilines is 2. The molecule has 110 valence electrons. The maximum absolute atomic E-state index is 11.5. The van der Waals surface area contributed by atoms with E-state index in [0.717, 1.165) is 27.5 Å². The zero-order valence-electron chi connectivity index (χ0n) is 12.2. The summed E-state index contributed by atoms with van der Waals surface area (Å²) in [5.41, 5.74) is 3.95. The molecule has 0 aromatic heterocycles. The smallest absolute Gasteiger partial charge is 0.224 e. The highest BCUT2D eigenvalue weighted by molar-refractivity contribution is 6.31. The van der Waals surface area contributed by atoms with Crippen LogP contribution < -0.4 is 10.6 Å². The Balaban J connectivity index is 2.10. The van der Waals surface area contributed by atoms with Gasteiger partial charge in [-0.1, -0.05) is 42.8 Å². The van der Waals surface area contributed by atoms with Gasteiger partial charge in [0.15, 0.2) is 0 Å². The van der Waals surface area contributed by atoms with Crippen molar-refractivity contribution in [3.05, 3.63) is 58.6 Å². The number of amides is 1. The summed E-state index contributed by atoms with van der Waals surface area (Å²) in [6.07, 6.45) is 0.469. The van der Waals surface area contributed by atoms with E-state index in [1.165, 1.54) is 0 Å². The fourth-order valence-corrected chi connectivity index (χ4v) is 2.17. The number of aryl methyl sites for hydroxylation is 1. The van der Waals surface area contributed by atoms with Crippen molar-refractivity contribution in [2.75, 3.05) is 10.6 Å². The SMILES string of the molecule is CCC(=O)Nc1ccc(C)c(NCc2ccccc2Cl)c1. The fourth-order valence-electron chi connectivity index (χ4n) is 1.97. The van der Waals surface area contributed by atoms with Crippen molar-refractivity contribution < 1.29 is 4.79 Å². The van der Waals surface area contributed by atoms with E-state index in [-0.39, 0.29) is 5.91 Å². The van der Waals surface area contributed by atoms with Gasteiger partial charge in [-0.2, -0.15) is 0 Å². The van der Waals surface area contributed by atoms with Gasteiger partial charge in [0.1, 0.15) is 0 Å². The molecular formula is C17H19ClN2O. The first kappa shape index (κ1) is 15.4. The summed E-state index contributed by atoms with van der Waals surface area (Å²) in [7, 11) is 0. The van der Waals surface area contributed by atoms with Gasteiger partial charge in [0, 0.05) is 29.4 Å². The molecule has 2 aromatic rings. The number of carbonyl (C=O) groups excluding carboxylic acids is 1. The van der Waals surface area contributed by atoms with Crippen molar-refractivity contribution in [3.8, 4) is 0 Å². The zero-order chi connectivity index (χ0) is 15.2. The van der Waals surface area contributed by atoms with Gasteiger partial charge in [0.2, 0.25) is 5.91 Å². The van der Waals surface area contributed by atoms with Crippen molar-refractivity contribution >= 4 is 28.9 Å². The second-order valence-corrected chi connectivity index (χ2v) is 5.28. The molecule has 0 saturated carbocycles. The highest BCUT2D eigenvalue weighted by Crippen LogP contribution is 2.22. The topological polar surface area (TPSA) is 41.1 Å². The van der Waals surface area contributed by atoms with E-state index in [0.29, 0.717) is 13.0 Å². The number of rotatable bonds is 5. The van der Waals surface area contributed by atoms with E-state index >= 15 is 0 Å². The molecule has 0 aliphatic heterocycles. The second kappa shape index (κ2) is 7.14. The highest BCUT2D eigenvalue weighted by Gasteiger charge is 2.04. The average molecular weight is 303 g/mol. The molecule has 2 aromatic carbocycles. The third-order valence-corrected chi connectivity index (χ3v) is 3.64. The molecule has 0 fully saturated rings. The number of nitrogens with one attached hydrogen (secondary N) is 2. The Hall–Kier alpha value is -2.00. The van der Waals surface area contributed by atoms with Crippen molar-refractivity contribution in [3.63, 3.8) is 0 Å². The quantitative estimate of drug-likeness (QED) is 0.847. The Morgan fingerprint density at radius 3 is 2.67 bits per heavy atom. The third kappa shape index (κ3) is 4.23. The fraction of sp³-hybridized carbons (Fsp3) is 0.235. The summed E-state index contributed by atoms with van der Waals surface area (Å²) in [4.78, 5) is 11.5. The van der Waals surface area contributed by atoms with Crippen LogP contribution in [0.2, 0.25) is 5.02 Å². The van der Waals surface area contributed by atoms with Crippen LogP contribution in [0.25, 0.3) is 0 Å². The van der Waals surface area contributed by atoms with Gasteiger partial charge in [-0.15, -0.1) is 0 Å². The second-order valence-electron chi connectivity index (χ2n) is 4.88. The molecule has 0 saturated heterocycles. The number of halogens is 1. The van der Waals surface area contributed by atoms with E-state index in [4.69, 9.17) is 11.6 Å². The molecule has 0 heterocycles. The maximum Gasteiger partial charge on any atom is 0.224 e. The minimum absolute atomic E-state index is 0.0101. The van der Waals surface area contributed by atoms with Crippen LogP contribution in [-0.2, 0) is 11.3 Å². The molecule has 4 heteroatoms. The Morgan fingerprint density at radius 2 is 1.95 bits per heavy atom. The van der Waals surface area contributed by atoms with Crippen molar-refractivity contribution in [2.24, 2.45) is 0 Å². The molecule has 0 spiro atoms. The van der Waals surface area contributed by atoms with E-state index < -0.39 is 0 Å². The number of benzene rings is 2. The molecule has 0 unspecified atom stereocenters. The molecule has 21 heavy (non-hydrogen) atoms. The van der Waals surface area contributed by atoms with Crippen LogP contribution in [-0.4, -0.2) is 5.91 Å². The van der Waals surface area contributed by atoms with E-state index in [1.807, 2.05) is 56.3 Å². The summed E-state index contributed by atoms with van der Waals surface area (Å²) >= 11 is 6.15. The lowest BCUT2D eigenvalue weighted by atomic mass is 10.1. The summed E-state index contributed by atoms with van der Waals surface area (Å²) in [5, 5.41) is 6.98. The minimum atomic E-state index is 0.0101. The van der Waals surface area contributed by atoms with Crippen molar-refractivity contribution in [2.45, 2.75) is 26.8 Å². The Kier molecular flexibility index (Phi) is 5.23. The molecule has 1 amide bonds. The lowest BCUT2D eigenvalue weighted by molar-refractivity contribution is -0.115. The first-order valence-corrected chi connectivity index (χ1v) is 7.35. The lowest BCUT2D eigenvalue weighted by Gasteiger charge is -2.13. The van der Waals surface area contributed by atoms with Gasteiger partial charge in [-0.25, -0.2) is 0 Å². The van der Waals surface area contributed by atoms with Gasteiger partial charge < -0.3 is 10.6 Å². The first-order chi connectivity index (χ1) is 10.1. The van der Waals surface area contributed by atoms with Crippen LogP contribution in [0, 0.1) is 6.92 Å². The monoisotopic (exact) mass is 302 g/mol. The lowest BCUT2D eigenvalue weighted by Crippen LogP contribution is -2.10. The van der Waals surface area contributed by atoms with Gasteiger partial charge in [0.25, 0.3) is 0 Å². The number of carbonyl (C=O) groups is 1. The van der Waals surface area contributed by atoms with E-state index in [1.54, 1.807) is 0 Å². The zero-order valence-corrected chi connectivity index (χ0v) is 13.0. The molecule has 2 N–H and O–H groups in total. The summed E-state index contributed by atoms with van der Waals surface area (Å²) < 4.78 is 0.